The Morgan fingerprint density at radius 3 is 2.65 bits per heavy atom. The number of aromatic nitrogens is 1. The van der Waals surface area contributed by atoms with Gasteiger partial charge in [0.05, 0.1) is 0 Å². The second-order valence-electron chi connectivity index (χ2n) is 4.60. The van der Waals surface area contributed by atoms with E-state index in [0.29, 0.717) is 16.6 Å². The highest BCUT2D eigenvalue weighted by molar-refractivity contribution is 7.11. The van der Waals surface area contributed by atoms with Crippen LogP contribution in [0.5, 0.6) is 5.75 Å². The molecule has 1 aromatic heterocycles. The van der Waals surface area contributed by atoms with Crippen molar-refractivity contribution in [3.8, 4) is 5.75 Å². The van der Waals surface area contributed by atoms with Gasteiger partial charge in [0.15, 0.2) is 11.6 Å². The molecule has 20 heavy (non-hydrogen) atoms. The molecule has 3 N–H and O–H groups in total. The Labute approximate surface area is 120 Å². The summed E-state index contributed by atoms with van der Waals surface area (Å²) in [5, 5.41) is 0.678. The molecular formula is C13H15FN4OS. The van der Waals surface area contributed by atoms with Gasteiger partial charge in [0.1, 0.15) is 16.5 Å². The minimum absolute atomic E-state index is 0.298. The van der Waals surface area contributed by atoms with Crippen LogP contribution >= 0.6 is 11.5 Å². The number of hydrogen-bond acceptors (Lipinski definition) is 6. The van der Waals surface area contributed by atoms with Crippen molar-refractivity contribution >= 4 is 28.0 Å². The van der Waals surface area contributed by atoms with Gasteiger partial charge in [-0.15, -0.1) is 0 Å². The lowest BCUT2D eigenvalue weighted by molar-refractivity contribution is 0.402. The lowest BCUT2D eigenvalue weighted by Crippen LogP contribution is -2.20. The summed E-state index contributed by atoms with van der Waals surface area (Å²) in [6, 6.07) is 5.78. The molecule has 1 aromatic carbocycles. The van der Waals surface area contributed by atoms with Crippen molar-refractivity contribution in [3.05, 3.63) is 30.1 Å². The number of benzene rings is 1. The normalized spacial score (nSPS) is 14.6. The molecule has 1 saturated heterocycles. The monoisotopic (exact) mass is 294 g/mol. The molecular weight excluding hydrogens is 279 g/mol. The Morgan fingerprint density at radius 1 is 1.25 bits per heavy atom. The standard InChI is InChI=1S/C13H15FN4OS/c14-9-3-5-10(6-4-9)19-16-13-11(12(15)20-17-13)18-7-1-2-8-18/h3-6H,1-2,7-8,15H2,(H,16,17). The quantitative estimate of drug-likeness (QED) is 0.849. The summed E-state index contributed by atoms with van der Waals surface area (Å²) in [5.74, 6) is 0.831. The van der Waals surface area contributed by atoms with Gasteiger partial charge in [0.25, 0.3) is 0 Å². The fraction of sp³-hybridized carbons (Fsp3) is 0.308. The van der Waals surface area contributed by atoms with Gasteiger partial charge >= 0.3 is 0 Å². The molecule has 3 rings (SSSR count). The van der Waals surface area contributed by atoms with Crippen LogP contribution in [-0.4, -0.2) is 17.5 Å². The topological polar surface area (TPSA) is 63.4 Å². The molecule has 0 atom stereocenters. The van der Waals surface area contributed by atoms with Gasteiger partial charge in [-0.2, -0.15) is 4.37 Å². The van der Waals surface area contributed by atoms with E-state index in [-0.39, 0.29) is 5.82 Å². The first-order chi connectivity index (χ1) is 9.74. The Hall–Kier alpha value is -2.02. The van der Waals surface area contributed by atoms with Crippen LogP contribution in [0.4, 0.5) is 20.9 Å². The van der Waals surface area contributed by atoms with E-state index in [9.17, 15) is 4.39 Å². The SMILES string of the molecule is Nc1snc(NOc2ccc(F)cc2)c1N1CCCC1. The molecule has 2 aromatic rings. The minimum Gasteiger partial charge on any atom is -0.388 e. The molecule has 0 amide bonds. The van der Waals surface area contributed by atoms with Crippen LogP contribution in [0.15, 0.2) is 24.3 Å². The average molecular weight is 294 g/mol. The predicted molar refractivity (Wildman–Crippen MR) is 78.6 cm³/mol. The summed E-state index contributed by atoms with van der Waals surface area (Å²) < 4.78 is 17.1. The first kappa shape index (κ1) is 13.0. The van der Waals surface area contributed by atoms with Crippen molar-refractivity contribution in [1.29, 1.82) is 0 Å². The third kappa shape index (κ3) is 2.62. The largest absolute Gasteiger partial charge is 0.388 e. The molecule has 0 radical (unpaired) electrons. The third-order valence-corrected chi connectivity index (χ3v) is 3.86. The summed E-state index contributed by atoms with van der Waals surface area (Å²) in [7, 11) is 0. The molecule has 1 aliphatic rings. The predicted octanol–water partition coefficient (Wildman–Crippen LogP) is 2.87. The number of halogens is 1. The van der Waals surface area contributed by atoms with E-state index in [0.717, 1.165) is 31.6 Å². The molecule has 0 aliphatic carbocycles. The van der Waals surface area contributed by atoms with Crippen molar-refractivity contribution in [2.75, 3.05) is 29.2 Å². The highest BCUT2D eigenvalue weighted by Crippen LogP contribution is 2.37. The van der Waals surface area contributed by atoms with E-state index in [1.807, 2.05) is 0 Å². The van der Waals surface area contributed by atoms with Crippen LogP contribution in [0.3, 0.4) is 0 Å². The maximum atomic E-state index is 12.8. The molecule has 0 bridgehead atoms. The van der Waals surface area contributed by atoms with Crippen LogP contribution < -0.4 is 21.0 Å². The zero-order valence-corrected chi connectivity index (χ0v) is 11.6. The fourth-order valence-corrected chi connectivity index (χ4v) is 2.85. The average Bonchev–Trinajstić information content (AvgIpc) is 3.07. The molecule has 5 nitrogen and oxygen atoms in total. The van der Waals surface area contributed by atoms with Crippen molar-refractivity contribution in [2.24, 2.45) is 0 Å². The fourth-order valence-electron chi connectivity index (χ4n) is 2.22. The number of nitrogens with zero attached hydrogens (tertiary/aromatic N) is 2. The summed E-state index contributed by atoms with van der Waals surface area (Å²) in [6.07, 6.45) is 2.32. The Balaban J connectivity index is 1.72. The van der Waals surface area contributed by atoms with Gasteiger partial charge < -0.3 is 15.5 Å². The molecule has 1 fully saturated rings. The van der Waals surface area contributed by atoms with E-state index in [2.05, 4.69) is 14.8 Å². The number of rotatable bonds is 4. The number of hydrogen-bond donors (Lipinski definition) is 2. The van der Waals surface area contributed by atoms with Crippen molar-refractivity contribution < 1.29 is 9.23 Å². The smallest absolute Gasteiger partial charge is 0.198 e. The number of nitrogen functional groups attached to an aromatic ring is 1. The Bertz CT molecular complexity index is 581. The maximum absolute atomic E-state index is 12.8. The first-order valence-electron chi connectivity index (χ1n) is 6.42. The number of nitrogens with one attached hydrogen (secondary N) is 1. The van der Waals surface area contributed by atoms with Gasteiger partial charge in [-0.25, -0.2) is 9.87 Å². The van der Waals surface area contributed by atoms with Crippen LogP contribution in [0.1, 0.15) is 12.8 Å². The van der Waals surface area contributed by atoms with Crippen LogP contribution in [-0.2, 0) is 0 Å². The lowest BCUT2D eigenvalue weighted by Gasteiger charge is -2.18. The van der Waals surface area contributed by atoms with Gasteiger partial charge in [0, 0.05) is 13.1 Å². The van der Waals surface area contributed by atoms with Crippen LogP contribution in [0.2, 0.25) is 0 Å². The summed E-state index contributed by atoms with van der Waals surface area (Å²) in [4.78, 5) is 7.61. The molecule has 0 spiro atoms. The van der Waals surface area contributed by atoms with E-state index in [1.165, 1.54) is 23.7 Å². The van der Waals surface area contributed by atoms with Crippen LogP contribution in [0.25, 0.3) is 0 Å². The second kappa shape index (κ2) is 5.54. The summed E-state index contributed by atoms with van der Waals surface area (Å²) in [6.45, 7) is 1.96. The van der Waals surface area contributed by atoms with E-state index in [1.54, 1.807) is 12.1 Å². The summed E-state index contributed by atoms with van der Waals surface area (Å²) >= 11 is 1.24. The highest BCUT2D eigenvalue weighted by Gasteiger charge is 2.21. The zero-order valence-electron chi connectivity index (χ0n) is 10.8. The zero-order chi connectivity index (χ0) is 13.9. The van der Waals surface area contributed by atoms with Gasteiger partial charge in [-0.1, -0.05) is 0 Å². The molecule has 0 saturated carbocycles. The van der Waals surface area contributed by atoms with Gasteiger partial charge in [-0.3, -0.25) is 0 Å². The van der Waals surface area contributed by atoms with E-state index < -0.39 is 0 Å². The van der Waals surface area contributed by atoms with Gasteiger partial charge in [0.2, 0.25) is 0 Å². The molecule has 7 heteroatoms. The summed E-state index contributed by atoms with van der Waals surface area (Å²) in [5.41, 5.74) is 9.68. The third-order valence-electron chi connectivity index (χ3n) is 3.19. The molecule has 106 valence electrons. The molecule has 1 aliphatic heterocycles. The molecule has 2 heterocycles. The van der Waals surface area contributed by atoms with Crippen molar-refractivity contribution in [2.45, 2.75) is 12.8 Å². The Morgan fingerprint density at radius 2 is 1.95 bits per heavy atom. The first-order valence-corrected chi connectivity index (χ1v) is 7.20. The number of nitrogens with two attached hydrogens (primary N) is 1. The van der Waals surface area contributed by atoms with Crippen molar-refractivity contribution in [1.82, 2.24) is 4.37 Å². The van der Waals surface area contributed by atoms with Crippen LogP contribution in [0, 0.1) is 5.82 Å². The maximum Gasteiger partial charge on any atom is 0.198 e. The van der Waals surface area contributed by atoms with E-state index >= 15 is 0 Å². The van der Waals surface area contributed by atoms with Gasteiger partial charge in [-0.05, 0) is 48.6 Å². The minimum atomic E-state index is -0.298. The second-order valence-corrected chi connectivity index (χ2v) is 5.40. The van der Waals surface area contributed by atoms with E-state index in [4.69, 9.17) is 10.6 Å². The Kier molecular flexibility index (Phi) is 3.60. The highest BCUT2D eigenvalue weighted by atomic mass is 32.1. The lowest BCUT2D eigenvalue weighted by atomic mass is 10.3. The number of anilines is 3. The molecule has 0 unspecified atom stereocenters. The van der Waals surface area contributed by atoms with Crippen molar-refractivity contribution in [3.63, 3.8) is 0 Å².